The minimum Gasteiger partial charge on any atom is -0.492 e. The summed E-state index contributed by atoms with van der Waals surface area (Å²) in [5.41, 5.74) is 1.08. The second kappa shape index (κ2) is 9.34. The summed E-state index contributed by atoms with van der Waals surface area (Å²) in [7, 11) is 0. The molecular weight excluding hydrogens is 257 g/mol. The summed E-state index contributed by atoms with van der Waals surface area (Å²) in [5, 5.41) is 3.94. The zero-order chi connectivity index (χ0) is 11.8. The number of benzene rings is 1. The fourth-order valence-electron chi connectivity index (χ4n) is 1.41. The molecule has 0 saturated carbocycles. The number of halogens is 2. The van der Waals surface area contributed by atoms with Gasteiger partial charge in [-0.2, -0.15) is 0 Å². The van der Waals surface area contributed by atoms with E-state index in [1.54, 1.807) is 0 Å². The first-order valence-electron chi connectivity index (χ1n) is 5.50. The highest BCUT2D eigenvalue weighted by atomic mass is 35.5. The Morgan fingerprint density at radius 2 is 2.24 bits per heavy atom. The van der Waals surface area contributed by atoms with Crippen LogP contribution in [0.4, 0.5) is 0 Å². The van der Waals surface area contributed by atoms with Gasteiger partial charge in [-0.25, -0.2) is 0 Å². The molecule has 1 aromatic rings. The summed E-state index contributed by atoms with van der Waals surface area (Å²) in [5.74, 6) is 0.891. The van der Waals surface area contributed by atoms with Gasteiger partial charge in [0.1, 0.15) is 12.4 Å². The lowest BCUT2D eigenvalue weighted by Crippen LogP contribution is -2.20. The van der Waals surface area contributed by atoms with Gasteiger partial charge in [-0.05, 0) is 36.7 Å². The first-order valence-corrected chi connectivity index (χ1v) is 5.88. The smallest absolute Gasteiger partial charge is 0.122 e. The van der Waals surface area contributed by atoms with Crippen LogP contribution in [0.1, 0.15) is 12.5 Å². The molecule has 0 aliphatic carbocycles. The third-order valence-corrected chi connectivity index (χ3v) is 2.41. The first-order chi connectivity index (χ1) is 7.77. The van der Waals surface area contributed by atoms with Gasteiger partial charge in [0.2, 0.25) is 0 Å². The van der Waals surface area contributed by atoms with Gasteiger partial charge >= 0.3 is 0 Å². The van der Waals surface area contributed by atoms with Gasteiger partial charge in [-0.3, -0.25) is 0 Å². The Labute approximate surface area is 114 Å². The van der Waals surface area contributed by atoms with E-state index in [9.17, 15) is 0 Å². The summed E-state index contributed by atoms with van der Waals surface area (Å²) in [4.78, 5) is 0. The molecular formula is C13H19Cl2NO. The Balaban J connectivity index is 0.00000256. The van der Waals surface area contributed by atoms with Gasteiger partial charge < -0.3 is 10.1 Å². The largest absolute Gasteiger partial charge is 0.492 e. The Morgan fingerprint density at radius 3 is 2.88 bits per heavy atom. The van der Waals surface area contributed by atoms with Crippen LogP contribution < -0.4 is 10.1 Å². The van der Waals surface area contributed by atoms with Crippen molar-refractivity contribution in [1.29, 1.82) is 0 Å². The molecule has 1 rings (SSSR count). The lowest BCUT2D eigenvalue weighted by atomic mass is 10.1. The molecule has 0 spiro atoms. The van der Waals surface area contributed by atoms with E-state index in [0.717, 1.165) is 35.8 Å². The normalized spacial score (nSPS) is 9.53. The van der Waals surface area contributed by atoms with Gasteiger partial charge in [-0.15, -0.1) is 19.0 Å². The Morgan fingerprint density at radius 1 is 1.47 bits per heavy atom. The number of hydrogen-bond acceptors (Lipinski definition) is 2. The molecule has 0 aliphatic heterocycles. The third-order valence-electron chi connectivity index (χ3n) is 2.17. The van der Waals surface area contributed by atoms with Crippen LogP contribution in [-0.2, 0) is 6.42 Å². The molecule has 2 nitrogen and oxygen atoms in total. The van der Waals surface area contributed by atoms with Gasteiger partial charge in [0, 0.05) is 11.6 Å². The highest BCUT2D eigenvalue weighted by Gasteiger charge is 2.02. The average molecular weight is 276 g/mol. The molecule has 0 amide bonds. The first kappa shape index (κ1) is 16.3. The van der Waals surface area contributed by atoms with E-state index in [1.807, 2.05) is 24.3 Å². The second-order valence-corrected chi connectivity index (χ2v) is 3.88. The lowest BCUT2D eigenvalue weighted by molar-refractivity contribution is 0.313. The summed E-state index contributed by atoms with van der Waals surface area (Å²) in [6.45, 7) is 8.28. The summed E-state index contributed by atoms with van der Waals surface area (Å²) in [6.07, 6.45) is 2.62. The molecule has 0 atom stereocenters. The molecule has 0 fully saturated rings. The van der Waals surface area contributed by atoms with Gasteiger partial charge in [0.15, 0.2) is 0 Å². The molecule has 1 aromatic carbocycles. The zero-order valence-electron chi connectivity index (χ0n) is 10.0. The highest BCUT2D eigenvalue weighted by Crippen LogP contribution is 2.23. The summed E-state index contributed by atoms with van der Waals surface area (Å²) < 4.78 is 5.68. The van der Waals surface area contributed by atoms with Crippen LogP contribution in [0, 0.1) is 0 Å². The van der Waals surface area contributed by atoms with Crippen molar-refractivity contribution in [2.75, 3.05) is 19.7 Å². The van der Waals surface area contributed by atoms with E-state index >= 15 is 0 Å². The third kappa shape index (κ3) is 5.97. The number of likely N-dealkylation sites (N-methyl/N-ethyl adjacent to an activating group) is 1. The van der Waals surface area contributed by atoms with E-state index in [1.165, 1.54) is 0 Å². The van der Waals surface area contributed by atoms with E-state index in [4.69, 9.17) is 16.3 Å². The van der Waals surface area contributed by atoms with Crippen molar-refractivity contribution in [2.45, 2.75) is 13.3 Å². The molecule has 0 aromatic heterocycles. The van der Waals surface area contributed by atoms with Crippen molar-refractivity contribution in [3.63, 3.8) is 0 Å². The van der Waals surface area contributed by atoms with Crippen molar-refractivity contribution in [3.8, 4) is 5.75 Å². The molecule has 17 heavy (non-hydrogen) atoms. The zero-order valence-corrected chi connectivity index (χ0v) is 11.6. The van der Waals surface area contributed by atoms with Crippen molar-refractivity contribution in [1.82, 2.24) is 5.32 Å². The van der Waals surface area contributed by atoms with Crippen molar-refractivity contribution in [2.24, 2.45) is 0 Å². The van der Waals surface area contributed by atoms with Gasteiger partial charge in [0.05, 0.1) is 0 Å². The molecule has 96 valence electrons. The van der Waals surface area contributed by atoms with Crippen LogP contribution >= 0.6 is 24.0 Å². The maximum Gasteiger partial charge on any atom is 0.122 e. The second-order valence-electron chi connectivity index (χ2n) is 3.45. The van der Waals surface area contributed by atoms with Crippen LogP contribution in [0.2, 0.25) is 5.02 Å². The minimum absolute atomic E-state index is 0. The topological polar surface area (TPSA) is 21.3 Å². The average Bonchev–Trinajstić information content (AvgIpc) is 2.27. The minimum atomic E-state index is 0. The fourth-order valence-corrected chi connectivity index (χ4v) is 1.61. The summed E-state index contributed by atoms with van der Waals surface area (Å²) in [6, 6.07) is 5.68. The Kier molecular flexibility index (Phi) is 8.96. The van der Waals surface area contributed by atoms with E-state index in [2.05, 4.69) is 18.8 Å². The van der Waals surface area contributed by atoms with Gasteiger partial charge in [-0.1, -0.05) is 24.6 Å². The molecule has 1 N–H and O–H groups in total. The standard InChI is InChI=1S/C13H18ClNO.ClH/c1-3-5-11-10-12(14)6-7-13(11)16-9-8-15-4-2;/h3,6-7,10,15H,1,4-5,8-9H2,2H3;1H. The quantitative estimate of drug-likeness (QED) is 0.608. The lowest BCUT2D eigenvalue weighted by Gasteiger charge is -2.11. The molecule has 0 aliphatic rings. The number of nitrogens with one attached hydrogen (secondary N) is 1. The van der Waals surface area contributed by atoms with Gasteiger partial charge in [0.25, 0.3) is 0 Å². The molecule has 0 radical (unpaired) electrons. The Bertz CT molecular complexity index is 342. The fraction of sp³-hybridized carbons (Fsp3) is 0.385. The van der Waals surface area contributed by atoms with E-state index < -0.39 is 0 Å². The molecule has 0 saturated heterocycles. The molecule has 0 bridgehead atoms. The molecule has 0 unspecified atom stereocenters. The Hall–Kier alpha value is -0.700. The monoisotopic (exact) mass is 275 g/mol. The predicted octanol–water partition coefficient (Wildman–Crippen LogP) is 3.48. The van der Waals surface area contributed by atoms with Crippen LogP contribution in [0.15, 0.2) is 30.9 Å². The predicted molar refractivity (Wildman–Crippen MR) is 76.6 cm³/mol. The molecule has 0 heterocycles. The maximum atomic E-state index is 5.93. The molecule has 4 heteroatoms. The van der Waals surface area contributed by atoms with Crippen molar-refractivity contribution in [3.05, 3.63) is 41.4 Å². The van der Waals surface area contributed by atoms with Crippen LogP contribution in [0.3, 0.4) is 0 Å². The maximum absolute atomic E-state index is 5.93. The highest BCUT2D eigenvalue weighted by molar-refractivity contribution is 6.30. The van der Waals surface area contributed by atoms with Crippen LogP contribution in [-0.4, -0.2) is 19.7 Å². The number of rotatable bonds is 7. The summed E-state index contributed by atoms with van der Waals surface area (Å²) >= 11 is 5.93. The van der Waals surface area contributed by atoms with Crippen molar-refractivity contribution >= 4 is 24.0 Å². The van der Waals surface area contributed by atoms with Crippen LogP contribution in [0.25, 0.3) is 0 Å². The van der Waals surface area contributed by atoms with Crippen molar-refractivity contribution < 1.29 is 4.74 Å². The number of ether oxygens (including phenoxy) is 1. The SMILES string of the molecule is C=CCc1cc(Cl)ccc1OCCNCC.Cl. The number of hydrogen-bond donors (Lipinski definition) is 1. The van der Waals surface area contributed by atoms with Crippen LogP contribution in [0.5, 0.6) is 5.75 Å². The van der Waals surface area contributed by atoms with E-state index in [-0.39, 0.29) is 12.4 Å². The van der Waals surface area contributed by atoms with E-state index in [0.29, 0.717) is 6.61 Å². The number of allylic oxidation sites excluding steroid dienone is 1.